The Morgan fingerprint density at radius 2 is 1.41 bits per heavy atom. The summed E-state index contributed by atoms with van der Waals surface area (Å²) in [6.45, 7) is 0. The number of primary sulfonamides is 1. The van der Waals surface area contributed by atoms with E-state index in [4.69, 9.17) is 15.4 Å². The molecule has 0 heterocycles. The Kier molecular flexibility index (Phi) is 9.12. The van der Waals surface area contributed by atoms with Crippen molar-refractivity contribution in [3.05, 3.63) is 0 Å². The van der Waals surface area contributed by atoms with Gasteiger partial charge in [-0.3, -0.25) is 9.59 Å². The van der Waals surface area contributed by atoms with Crippen LogP contribution >= 0.6 is 0 Å². The molecule has 1 fully saturated rings. The normalized spacial score (nSPS) is 18.7. The number of carbonyl (C=O) groups is 2. The van der Waals surface area contributed by atoms with Crippen molar-refractivity contribution in [1.82, 2.24) is 4.72 Å². The van der Waals surface area contributed by atoms with Crippen molar-refractivity contribution in [2.24, 2.45) is 5.14 Å². The lowest BCUT2D eigenvalue weighted by atomic mass is 9.96. The smallest absolute Gasteiger partial charge is 0.304 e. The van der Waals surface area contributed by atoms with E-state index >= 15 is 0 Å². The molecule has 0 spiro atoms. The molecule has 0 saturated heterocycles. The van der Waals surface area contributed by atoms with Crippen LogP contribution in [-0.4, -0.2) is 55.5 Å². The van der Waals surface area contributed by atoms with Gasteiger partial charge in [0.15, 0.2) is 0 Å². The highest BCUT2D eigenvalue weighted by Gasteiger charge is 2.31. The van der Waals surface area contributed by atoms with E-state index in [2.05, 4.69) is 4.72 Å². The van der Waals surface area contributed by atoms with Crippen molar-refractivity contribution in [2.75, 3.05) is 0 Å². The summed E-state index contributed by atoms with van der Waals surface area (Å²) in [6.07, 6.45) is 2.73. The van der Waals surface area contributed by atoms with Crippen LogP contribution in [0.4, 0.5) is 0 Å². The lowest BCUT2D eigenvalue weighted by molar-refractivity contribution is -0.138. The Morgan fingerprint density at radius 3 is 1.89 bits per heavy atom. The summed E-state index contributed by atoms with van der Waals surface area (Å²) < 4.78 is 50.7. The molecule has 0 aromatic carbocycles. The number of hydrogen-bond donors (Lipinski definition) is 4. The molecule has 27 heavy (non-hydrogen) atoms. The molecule has 0 aliphatic heterocycles. The van der Waals surface area contributed by atoms with Gasteiger partial charge in [0, 0.05) is 6.04 Å². The van der Waals surface area contributed by atoms with Gasteiger partial charge in [-0.25, -0.2) is 26.7 Å². The predicted molar refractivity (Wildman–Crippen MR) is 98.0 cm³/mol. The first-order chi connectivity index (χ1) is 12.4. The minimum absolute atomic E-state index is 0.0257. The summed E-state index contributed by atoms with van der Waals surface area (Å²) in [4.78, 5) is 21.8. The molecule has 10 nitrogen and oxygen atoms in total. The summed E-state index contributed by atoms with van der Waals surface area (Å²) in [7, 11) is -8.00. The maximum Gasteiger partial charge on any atom is 0.304 e. The second-order valence-corrected chi connectivity index (χ2v) is 10.8. The number of hydrogen-bond acceptors (Lipinski definition) is 6. The molecule has 2 atom stereocenters. The number of nitrogens with one attached hydrogen (secondary N) is 1. The van der Waals surface area contributed by atoms with E-state index in [-0.39, 0.29) is 25.3 Å². The number of carboxylic acid groups (broad SMARTS) is 2. The van der Waals surface area contributed by atoms with Crippen molar-refractivity contribution in [3.63, 3.8) is 0 Å². The van der Waals surface area contributed by atoms with Gasteiger partial charge in [-0.1, -0.05) is 25.7 Å². The maximum atomic E-state index is 12.6. The van der Waals surface area contributed by atoms with Gasteiger partial charge in [-0.05, 0) is 25.7 Å². The first kappa shape index (κ1) is 23.8. The zero-order chi connectivity index (χ0) is 20.7. The molecular weight excluding hydrogens is 400 g/mol. The van der Waals surface area contributed by atoms with Gasteiger partial charge in [0.2, 0.25) is 20.0 Å². The van der Waals surface area contributed by atoms with Crippen molar-refractivity contribution < 1.29 is 36.6 Å². The van der Waals surface area contributed by atoms with Crippen LogP contribution in [-0.2, 0) is 29.6 Å². The average Bonchev–Trinajstić information content (AvgIpc) is 2.51. The minimum Gasteiger partial charge on any atom is -0.481 e. The fraction of sp³-hybridized carbons (Fsp3) is 0.867. The Morgan fingerprint density at radius 1 is 0.926 bits per heavy atom. The Hall–Kier alpha value is -1.24. The second-order valence-electron chi connectivity index (χ2n) is 6.96. The Labute approximate surface area is 159 Å². The first-order valence-corrected chi connectivity index (χ1v) is 12.0. The van der Waals surface area contributed by atoms with Crippen molar-refractivity contribution in [3.8, 4) is 0 Å². The topological polar surface area (TPSA) is 181 Å². The van der Waals surface area contributed by atoms with E-state index in [9.17, 15) is 26.4 Å². The van der Waals surface area contributed by atoms with Gasteiger partial charge in [0.05, 0.1) is 23.3 Å². The molecule has 12 heteroatoms. The standard InChI is InChI=1S/C15H28N2O8S2/c16-26(22,23)12(9-14(18)19)7-4-8-13(10-15(20)21)27(24,25)17-11-5-2-1-3-6-11/h11-13,17H,1-10H2,(H,18,19)(H,20,21)(H2,16,22,23). The molecular formula is C15H28N2O8S2. The first-order valence-electron chi connectivity index (χ1n) is 8.88. The Bertz CT molecular complexity index is 714. The van der Waals surface area contributed by atoms with Gasteiger partial charge in [0.1, 0.15) is 0 Å². The van der Waals surface area contributed by atoms with Crippen LogP contribution in [0.2, 0.25) is 0 Å². The fourth-order valence-electron chi connectivity index (χ4n) is 3.26. The van der Waals surface area contributed by atoms with Crippen LogP contribution in [0.15, 0.2) is 0 Å². The van der Waals surface area contributed by atoms with Gasteiger partial charge in [0.25, 0.3) is 0 Å². The molecule has 2 unspecified atom stereocenters. The van der Waals surface area contributed by atoms with Crippen molar-refractivity contribution in [1.29, 1.82) is 0 Å². The summed E-state index contributed by atoms with van der Waals surface area (Å²) in [5.41, 5.74) is 0. The van der Waals surface area contributed by atoms with Crippen molar-refractivity contribution in [2.45, 2.75) is 80.7 Å². The summed E-state index contributed by atoms with van der Waals surface area (Å²) >= 11 is 0. The SMILES string of the molecule is NS(=O)(=O)C(CCCC(CC(=O)O)S(=O)(=O)NC1CCCCC1)CC(=O)O. The number of carboxylic acids is 2. The summed E-state index contributed by atoms with van der Waals surface area (Å²) in [6, 6.07) is -0.218. The molecule has 0 radical (unpaired) electrons. The third kappa shape index (κ3) is 9.00. The predicted octanol–water partition coefficient (Wildman–Crippen LogP) is 0.384. The van der Waals surface area contributed by atoms with E-state index in [0.29, 0.717) is 12.8 Å². The zero-order valence-electron chi connectivity index (χ0n) is 15.0. The van der Waals surface area contributed by atoms with Gasteiger partial charge >= 0.3 is 11.9 Å². The van der Waals surface area contributed by atoms with Crippen molar-refractivity contribution >= 4 is 32.0 Å². The molecule has 0 bridgehead atoms. The summed E-state index contributed by atoms with van der Waals surface area (Å²) in [5, 5.41) is 20.3. The maximum absolute atomic E-state index is 12.6. The van der Waals surface area contributed by atoms with E-state index in [1.165, 1.54) is 0 Å². The lowest BCUT2D eigenvalue weighted by Crippen LogP contribution is -2.42. The lowest BCUT2D eigenvalue weighted by Gasteiger charge is -2.25. The van der Waals surface area contributed by atoms with Crippen LogP contribution in [0.3, 0.4) is 0 Å². The average molecular weight is 429 g/mol. The molecule has 0 aromatic rings. The Balaban J connectivity index is 2.75. The molecule has 1 rings (SSSR count). The van der Waals surface area contributed by atoms with Crippen LogP contribution in [0.1, 0.15) is 64.2 Å². The van der Waals surface area contributed by atoms with Crippen LogP contribution in [0, 0.1) is 0 Å². The number of aliphatic carboxylic acids is 2. The zero-order valence-corrected chi connectivity index (χ0v) is 16.7. The van der Waals surface area contributed by atoms with Gasteiger partial charge < -0.3 is 10.2 Å². The monoisotopic (exact) mass is 428 g/mol. The number of rotatable bonds is 12. The molecule has 1 aliphatic rings. The largest absolute Gasteiger partial charge is 0.481 e. The fourth-order valence-corrected chi connectivity index (χ4v) is 5.86. The second kappa shape index (κ2) is 10.3. The highest BCUT2D eigenvalue weighted by atomic mass is 32.2. The highest BCUT2D eigenvalue weighted by molar-refractivity contribution is 7.90. The quantitative estimate of drug-likeness (QED) is 0.344. The van der Waals surface area contributed by atoms with E-state index < -0.39 is 55.3 Å². The highest BCUT2D eigenvalue weighted by Crippen LogP contribution is 2.22. The molecule has 5 N–H and O–H groups in total. The minimum atomic E-state index is -4.10. The van der Waals surface area contributed by atoms with Gasteiger partial charge in [-0.2, -0.15) is 0 Å². The van der Waals surface area contributed by atoms with E-state index in [1.54, 1.807) is 0 Å². The third-order valence-corrected chi connectivity index (χ3v) is 7.97. The van der Waals surface area contributed by atoms with E-state index in [0.717, 1.165) is 19.3 Å². The van der Waals surface area contributed by atoms with Crippen LogP contribution in [0.25, 0.3) is 0 Å². The molecule has 1 aliphatic carbocycles. The van der Waals surface area contributed by atoms with Gasteiger partial charge in [-0.15, -0.1) is 0 Å². The molecule has 1 saturated carbocycles. The van der Waals surface area contributed by atoms with Crippen LogP contribution in [0.5, 0.6) is 0 Å². The number of sulfonamides is 2. The third-order valence-electron chi connectivity index (χ3n) is 4.70. The summed E-state index contributed by atoms with van der Waals surface area (Å²) in [5.74, 6) is -2.61. The molecule has 0 amide bonds. The van der Waals surface area contributed by atoms with E-state index in [1.807, 2.05) is 0 Å². The van der Waals surface area contributed by atoms with Crippen LogP contribution < -0.4 is 9.86 Å². The molecule has 0 aromatic heterocycles. The number of nitrogens with two attached hydrogens (primary N) is 1. The molecule has 158 valence electrons.